The summed E-state index contributed by atoms with van der Waals surface area (Å²) < 4.78 is 7.34. The largest absolute Gasteiger partial charge is 0.486 e. The van der Waals surface area contributed by atoms with E-state index in [4.69, 9.17) is 10.6 Å². The average Bonchev–Trinajstić information content (AvgIpc) is 3.03. The summed E-state index contributed by atoms with van der Waals surface area (Å²) in [6.45, 7) is 4.35. The van der Waals surface area contributed by atoms with Gasteiger partial charge in [0.25, 0.3) is 0 Å². The van der Waals surface area contributed by atoms with Gasteiger partial charge in [-0.2, -0.15) is 0 Å². The van der Waals surface area contributed by atoms with E-state index in [1.807, 2.05) is 44.3 Å². The van der Waals surface area contributed by atoms with Crippen molar-refractivity contribution in [2.24, 2.45) is 0 Å². The fourth-order valence-electron chi connectivity index (χ4n) is 3.09. The molecule has 0 aliphatic carbocycles. The van der Waals surface area contributed by atoms with E-state index in [-0.39, 0.29) is 6.61 Å². The molecule has 142 valence electrons. The molecule has 0 aliphatic rings. The van der Waals surface area contributed by atoms with Gasteiger partial charge in [-0.15, -0.1) is 10.2 Å². The van der Waals surface area contributed by atoms with Gasteiger partial charge in [0, 0.05) is 17.3 Å². The van der Waals surface area contributed by atoms with E-state index in [9.17, 15) is 0 Å². The van der Waals surface area contributed by atoms with Crippen LogP contribution < -0.4 is 10.6 Å². The predicted molar refractivity (Wildman–Crippen MR) is 112 cm³/mol. The van der Waals surface area contributed by atoms with Gasteiger partial charge in [-0.25, -0.2) is 4.68 Å². The fraction of sp³-hybridized carbons (Fsp3) is 0.190. The molecule has 0 saturated carbocycles. The van der Waals surface area contributed by atoms with E-state index in [2.05, 4.69) is 39.4 Å². The molecule has 6 nitrogen and oxygen atoms in total. The normalized spacial score (nSPS) is 11.1. The molecule has 0 aliphatic heterocycles. The Balaban J connectivity index is 1.44. The second kappa shape index (κ2) is 7.90. The molecule has 0 fully saturated rings. The van der Waals surface area contributed by atoms with Crippen molar-refractivity contribution in [2.45, 2.75) is 31.4 Å². The number of thioether (sulfide) groups is 1. The maximum Gasteiger partial charge on any atom is 0.210 e. The second-order valence-electron chi connectivity index (χ2n) is 6.66. The lowest BCUT2D eigenvalue weighted by Gasteiger charge is -2.08. The number of para-hydroxylation sites is 1. The van der Waals surface area contributed by atoms with Crippen LogP contribution in [0.15, 0.2) is 59.9 Å². The van der Waals surface area contributed by atoms with Crippen molar-refractivity contribution in [1.82, 2.24) is 19.9 Å². The van der Waals surface area contributed by atoms with Gasteiger partial charge in [0.05, 0.1) is 5.52 Å². The van der Waals surface area contributed by atoms with E-state index < -0.39 is 0 Å². The van der Waals surface area contributed by atoms with Crippen molar-refractivity contribution in [3.63, 3.8) is 0 Å². The van der Waals surface area contributed by atoms with Crippen molar-refractivity contribution in [3.05, 3.63) is 77.2 Å². The van der Waals surface area contributed by atoms with Crippen LogP contribution >= 0.6 is 11.8 Å². The van der Waals surface area contributed by atoms with Crippen molar-refractivity contribution in [2.75, 3.05) is 5.84 Å². The summed E-state index contributed by atoms with van der Waals surface area (Å²) in [6, 6.07) is 16.3. The van der Waals surface area contributed by atoms with Gasteiger partial charge in [0.15, 0.2) is 5.82 Å². The molecule has 2 N–H and O–H groups in total. The molecule has 0 saturated heterocycles. The molecule has 0 amide bonds. The minimum Gasteiger partial charge on any atom is -0.486 e. The molecule has 0 atom stereocenters. The highest BCUT2D eigenvalue weighted by atomic mass is 32.2. The topological polar surface area (TPSA) is 78.9 Å². The zero-order chi connectivity index (χ0) is 19.5. The highest BCUT2D eigenvalue weighted by Gasteiger charge is 2.12. The molecule has 28 heavy (non-hydrogen) atoms. The molecular weight excluding hydrogens is 370 g/mol. The number of aryl methyl sites for hydroxylation is 2. The summed E-state index contributed by atoms with van der Waals surface area (Å²) in [7, 11) is 0. The molecule has 2 aromatic carbocycles. The van der Waals surface area contributed by atoms with Crippen molar-refractivity contribution < 1.29 is 4.74 Å². The third-order valence-electron chi connectivity index (χ3n) is 4.37. The minimum atomic E-state index is 0.267. The standard InChI is InChI=1S/C21H21N5OS/c1-14-9-15(2)11-18(10-14)27-12-19-24-25-21(26(19)22)28-13-17-6-3-5-16-7-4-8-23-20(16)17/h3-11H,12-13,22H2,1-2H3. The lowest BCUT2D eigenvalue weighted by atomic mass is 10.1. The molecule has 4 rings (SSSR count). The van der Waals surface area contributed by atoms with Gasteiger partial charge < -0.3 is 10.6 Å². The molecule has 0 unspecified atom stereocenters. The zero-order valence-corrected chi connectivity index (χ0v) is 16.6. The van der Waals surface area contributed by atoms with Crippen LogP contribution in [0.4, 0.5) is 0 Å². The zero-order valence-electron chi connectivity index (χ0n) is 15.8. The maximum atomic E-state index is 6.18. The molecule has 2 aromatic heterocycles. The van der Waals surface area contributed by atoms with E-state index in [0.717, 1.165) is 33.3 Å². The SMILES string of the molecule is Cc1cc(C)cc(OCc2nnc(SCc3cccc4cccnc34)n2N)c1. The number of hydrogen-bond acceptors (Lipinski definition) is 6. The highest BCUT2D eigenvalue weighted by molar-refractivity contribution is 7.98. The number of pyridine rings is 1. The van der Waals surface area contributed by atoms with Crippen LogP contribution in [-0.4, -0.2) is 19.9 Å². The highest BCUT2D eigenvalue weighted by Crippen LogP contribution is 2.25. The van der Waals surface area contributed by atoms with Gasteiger partial charge in [-0.05, 0) is 48.7 Å². The molecule has 7 heteroatoms. The first kappa shape index (κ1) is 18.3. The molecule has 0 radical (unpaired) electrons. The monoisotopic (exact) mass is 391 g/mol. The lowest BCUT2D eigenvalue weighted by molar-refractivity contribution is 0.291. The third kappa shape index (κ3) is 3.94. The number of hydrogen-bond donors (Lipinski definition) is 1. The first-order valence-electron chi connectivity index (χ1n) is 8.96. The summed E-state index contributed by atoms with van der Waals surface area (Å²) in [5, 5.41) is 10.2. The van der Waals surface area contributed by atoms with Crippen LogP contribution in [0.25, 0.3) is 10.9 Å². The van der Waals surface area contributed by atoms with Crippen LogP contribution in [0.2, 0.25) is 0 Å². The summed E-state index contributed by atoms with van der Waals surface area (Å²) in [5.41, 5.74) is 4.45. The molecule has 0 bridgehead atoms. The average molecular weight is 392 g/mol. The predicted octanol–water partition coefficient (Wildman–Crippen LogP) is 4.03. The number of rotatable bonds is 6. The van der Waals surface area contributed by atoms with Gasteiger partial charge in [0.1, 0.15) is 12.4 Å². The number of nitrogen functional groups attached to an aromatic ring is 1. The fourth-order valence-corrected chi connectivity index (χ4v) is 3.95. The van der Waals surface area contributed by atoms with E-state index in [0.29, 0.717) is 16.7 Å². The number of aromatic nitrogens is 4. The van der Waals surface area contributed by atoms with Crippen LogP contribution in [0, 0.1) is 13.8 Å². The summed E-state index contributed by atoms with van der Waals surface area (Å²) in [6.07, 6.45) is 1.81. The summed E-state index contributed by atoms with van der Waals surface area (Å²) in [4.78, 5) is 4.49. The van der Waals surface area contributed by atoms with Gasteiger partial charge in [-0.3, -0.25) is 4.98 Å². The van der Waals surface area contributed by atoms with Crippen molar-refractivity contribution in [1.29, 1.82) is 0 Å². The Hall–Kier alpha value is -3.06. The smallest absolute Gasteiger partial charge is 0.210 e. The third-order valence-corrected chi connectivity index (χ3v) is 5.36. The molecule has 0 spiro atoms. The Bertz CT molecular complexity index is 1100. The quantitative estimate of drug-likeness (QED) is 0.395. The number of ether oxygens (including phenoxy) is 1. The van der Waals surface area contributed by atoms with E-state index in [1.165, 1.54) is 16.4 Å². The number of benzene rings is 2. The number of fused-ring (bicyclic) bond motifs is 1. The van der Waals surface area contributed by atoms with E-state index >= 15 is 0 Å². The van der Waals surface area contributed by atoms with E-state index in [1.54, 1.807) is 0 Å². The lowest BCUT2D eigenvalue weighted by Crippen LogP contribution is -2.15. The van der Waals surface area contributed by atoms with Crippen molar-refractivity contribution >= 4 is 22.7 Å². The Labute approximate surface area is 167 Å². The Morgan fingerprint density at radius 1 is 1.04 bits per heavy atom. The van der Waals surface area contributed by atoms with Gasteiger partial charge in [-0.1, -0.05) is 42.1 Å². The molecular formula is C21H21N5OS. The van der Waals surface area contributed by atoms with Gasteiger partial charge in [0.2, 0.25) is 5.16 Å². The summed E-state index contributed by atoms with van der Waals surface area (Å²) in [5.74, 6) is 8.27. The molecule has 4 aromatic rings. The van der Waals surface area contributed by atoms with Crippen molar-refractivity contribution in [3.8, 4) is 5.75 Å². The number of nitrogens with two attached hydrogens (primary N) is 1. The Kier molecular flexibility index (Phi) is 5.16. The maximum absolute atomic E-state index is 6.18. The van der Waals surface area contributed by atoms with Crippen LogP contribution in [0.1, 0.15) is 22.5 Å². The molecule has 2 heterocycles. The van der Waals surface area contributed by atoms with Crippen LogP contribution in [-0.2, 0) is 12.4 Å². The summed E-state index contributed by atoms with van der Waals surface area (Å²) >= 11 is 1.53. The van der Waals surface area contributed by atoms with Gasteiger partial charge >= 0.3 is 0 Å². The first-order valence-corrected chi connectivity index (χ1v) is 9.94. The Morgan fingerprint density at radius 2 is 1.82 bits per heavy atom. The first-order chi connectivity index (χ1) is 13.6. The Morgan fingerprint density at radius 3 is 2.64 bits per heavy atom. The van der Waals surface area contributed by atoms with Crippen LogP contribution in [0.5, 0.6) is 5.75 Å². The number of nitrogens with zero attached hydrogens (tertiary/aromatic N) is 4. The van der Waals surface area contributed by atoms with Crippen LogP contribution in [0.3, 0.4) is 0 Å². The second-order valence-corrected chi connectivity index (χ2v) is 7.60. The minimum absolute atomic E-state index is 0.267.